The van der Waals surface area contributed by atoms with Gasteiger partial charge >= 0.3 is 0 Å². The summed E-state index contributed by atoms with van der Waals surface area (Å²) in [7, 11) is 3.53. The Bertz CT molecular complexity index is 81.5. The predicted octanol–water partition coefficient (Wildman–Crippen LogP) is 0.880. The molecule has 0 fully saturated rings. The van der Waals surface area contributed by atoms with Gasteiger partial charge in [0.15, 0.2) is 0 Å². The van der Waals surface area contributed by atoms with E-state index in [1.165, 1.54) is 19.3 Å². The molecule has 6 N–H and O–H groups in total. The summed E-state index contributed by atoms with van der Waals surface area (Å²) < 4.78 is 0. The summed E-state index contributed by atoms with van der Waals surface area (Å²) in [6, 6.07) is 0. The number of hydrogen-bond donors (Lipinski definition) is 5. The SMILES string of the molecule is CCO.CCO.CCO.[CH2-]NCCCCCCN.[Ti]. The van der Waals surface area contributed by atoms with E-state index in [2.05, 4.69) is 12.4 Å². The Morgan fingerprint density at radius 2 is 1.16 bits per heavy atom. The third-order valence-corrected chi connectivity index (χ3v) is 1.31. The monoisotopic (exact) mass is 315 g/mol. The fraction of sp³-hybridized carbons (Fsp3) is 0.923. The topological polar surface area (TPSA) is 98.7 Å². The first-order valence-corrected chi connectivity index (χ1v) is 6.69. The summed E-state index contributed by atoms with van der Waals surface area (Å²) in [5.74, 6) is 0. The van der Waals surface area contributed by atoms with Gasteiger partial charge < -0.3 is 26.4 Å². The number of aliphatic hydroxyl groups excluding tert-OH is 3. The molecule has 0 unspecified atom stereocenters. The molecule has 0 heterocycles. The zero-order chi connectivity index (χ0) is 15.1. The molecule has 0 aromatic heterocycles. The predicted molar refractivity (Wildman–Crippen MR) is 79.2 cm³/mol. The number of unbranched alkanes of at least 4 members (excludes halogenated alkanes) is 3. The minimum atomic E-state index is 0. The van der Waals surface area contributed by atoms with E-state index in [9.17, 15) is 0 Å². The minimum absolute atomic E-state index is 0. The van der Waals surface area contributed by atoms with Crippen molar-refractivity contribution in [3.05, 3.63) is 7.05 Å². The summed E-state index contributed by atoms with van der Waals surface area (Å²) in [4.78, 5) is 0. The van der Waals surface area contributed by atoms with Gasteiger partial charge in [0.05, 0.1) is 0 Å². The van der Waals surface area contributed by atoms with Gasteiger partial charge in [0.1, 0.15) is 0 Å². The molecular weight excluding hydrogens is 280 g/mol. The van der Waals surface area contributed by atoms with Crippen molar-refractivity contribution in [3.8, 4) is 0 Å². The van der Waals surface area contributed by atoms with Crippen LogP contribution in [0.25, 0.3) is 0 Å². The fourth-order valence-corrected chi connectivity index (χ4v) is 0.748. The van der Waals surface area contributed by atoms with Crippen molar-refractivity contribution in [2.75, 3.05) is 32.9 Å². The van der Waals surface area contributed by atoms with E-state index in [1.807, 2.05) is 0 Å². The van der Waals surface area contributed by atoms with Crippen molar-refractivity contribution in [2.24, 2.45) is 5.73 Å². The molecule has 0 saturated carbocycles. The van der Waals surface area contributed by atoms with E-state index >= 15 is 0 Å². The number of nitrogens with one attached hydrogen (secondary N) is 1. The number of hydrogen-bond acceptors (Lipinski definition) is 5. The molecule has 0 aromatic rings. The van der Waals surface area contributed by atoms with Gasteiger partial charge in [-0.05, 0) is 46.7 Å². The zero-order valence-corrected chi connectivity index (χ0v) is 14.6. The van der Waals surface area contributed by atoms with Crippen LogP contribution in [-0.4, -0.2) is 48.2 Å². The molecule has 0 radical (unpaired) electrons. The standard InChI is InChI=1S/C7H17N2.3C2H6O.Ti/c1-9-7-5-3-2-4-6-8;3*1-2-3;/h9H,1-8H2;3*3H,2H2,1H3;/q-1;;;;. The van der Waals surface area contributed by atoms with Gasteiger partial charge in [-0.25, -0.2) is 0 Å². The Morgan fingerprint density at radius 1 is 0.842 bits per heavy atom. The maximum Gasteiger partial charge on any atom is 0.0402 e. The van der Waals surface area contributed by atoms with Crippen molar-refractivity contribution in [1.82, 2.24) is 5.32 Å². The molecule has 0 aliphatic carbocycles. The molecule has 0 bridgehead atoms. The minimum Gasteiger partial charge on any atom is -0.473 e. The van der Waals surface area contributed by atoms with E-state index in [0.717, 1.165) is 19.5 Å². The average molecular weight is 315 g/mol. The molecule has 0 aliphatic rings. The molecule has 120 valence electrons. The van der Waals surface area contributed by atoms with Crippen molar-refractivity contribution in [1.29, 1.82) is 0 Å². The maximum absolute atomic E-state index is 7.57. The van der Waals surface area contributed by atoms with Gasteiger partial charge in [-0.3, -0.25) is 7.05 Å². The van der Waals surface area contributed by atoms with Crippen LogP contribution >= 0.6 is 0 Å². The first-order chi connectivity index (χ1) is 8.66. The van der Waals surface area contributed by atoms with E-state index in [4.69, 9.17) is 21.1 Å². The van der Waals surface area contributed by atoms with Crippen LogP contribution < -0.4 is 11.1 Å². The molecule has 0 rings (SSSR count). The van der Waals surface area contributed by atoms with Crippen LogP contribution in [-0.2, 0) is 21.7 Å². The largest absolute Gasteiger partial charge is 0.473 e. The molecule has 5 nitrogen and oxygen atoms in total. The second-order valence-corrected chi connectivity index (χ2v) is 3.15. The third kappa shape index (κ3) is 119. The second kappa shape index (κ2) is 51.4. The number of nitrogens with two attached hydrogens (primary N) is 1. The van der Waals surface area contributed by atoms with E-state index < -0.39 is 0 Å². The van der Waals surface area contributed by atoms with Crippen LogP contribution in [0.1, 0.15) is 46.5 Å². The third-order valence-electron chi connectivity index (χ3n) is 1.31. The van der Waals surface area contributed by atoms with Gasteiger partial charge in [0.2, 0.25) is 0 Å². The van der Waals surface area contributed by atoms with Gasteiger partial charge in [-0.1, -0.05) is 12.8 Å². The maximum atomic E-state index is 7.57. The normalized spacial score (nSPS) is 7.58. The summed E-state index contributed by atoms with van der Waals surface area (Å²) in [6.45, 7) is 7.66. The summed E-state index contributed by atoms with van der Waals surface area (Å²) >= 11 is 0. The Kier molecular flexibility index (Phi) is 85.9. The average Bonchev–Trinajstić information content (AvgIpc) is 2.32. The van der Waals surface area contributed by atoms with Gasteiger partial charge in [-0.15, -0.1) is 0 Å². The summed E-state index contributed by atoms with van der Waals surface area (Å²) in [5, 5.41) is 25.6. The fourth-order valence-electron chi connectivity index (χ4n) is 0.748. The Hall–Kier alpha value is 0.514. The summed E-state index contributed by atoms with van der Waals surface area (Å²) in [5.41, 5.74) is 5.32. The molecule has 0 aliphatic heterocycles. The van der Waals surface area contributed by atoms with E-state index in [1.54, 1.807) is 20.8 Å². The number of aliphatic hydroxyl groups is 3. The Balaban J connectivity index is -0.0000000548. The van der Waals surface area contributed by atoms with Crippen LogP contribution in [0.4, 0.5) is 0 Å². The van der Waals surface area contributed by atoms with Crippen LogP contribution in [0.3, 0.4) is 0 Å². The molecule has 0 aromatic carbocycles. The van der Waals surface area contributed by atoms with Crippen LogP contribution in [0.2, 0.25) is 0 Å². The van der Waals surface area contributed by atoms with Crippen LogP contribution in [0.15, 0.2) is 0 Å². The number of rotatable bonds is 6. The molecule has 0 saturated heterocycles. The second-order valence-electron chi connectivity index (χ2n) is 3.15. The molecule has 0 amide bonds. The van der Waals surface area contributed by atoms with E-state index in [-0.39, 0.29) is 41.5 Å². The Morgan fingerprint density at radius 3 is 1.42 bits per heavy atom. The van der Waals surface area contributed by atoms with Gasteiger partial charge in [-0.2, -0.15) is 0 Å². The van der Waals surface area contributed by atoms with Gasteiger partial charge in [0, 0.05) is 41.5 Å². The smallest absolute Gasteiger partial charge is 0.0402 e. The van der Waals surface area contributed by atoms with Crippen molar-refractivity contribution in [3.63, 3.8) is 0 Å². The zero-order valence-electron chi connectivity index (χ0n) is 13.0. The van der Waals surface area contributed by atoms with Gasteiger partial charge in [0.25, 0.3) is 0 Å². The molecule has 6 heteroatoms. The summed E-state index contributed by atoms with van der Waals surface area (Å²) in [6.07, 6.45) is 4.93. The Labute approximate surface area is 134 Å². The first kappa shape index (κ1) is 31.8. The van der Waals surface area contributed by atoms with Crippen molar-refractivity contribution in [2.45, 2.75) is 46.5 Å². The molecule has 19 heavy (non-hydrogen) atoms. The molecular formula is C13H35N2O3Ti-. The quantitative estimate of drug-likeness (QED) is 0.285. The van der Waals surface area contributed by atoms with Crippen molar-refractivity contribution >= 4 is 0 Å². The van der Waals surface area contributed by atoms with Crippen molar-refractivity contribution < 1.29 is 37.0 Å². The first-order valence-electron chi connectivity index (χ1n) is 6.69. The van der Waals surface area contributed by atoms with E-state index in [0.29, 0.717) is 0 Å². The molecule has 0 spiro atoms. The molecule has 0 atom stereocenters. The van der Waals surface area contributed by atoms with Crippen LogP contribution in [0.5, 0.6) is 0 Å². The van der Waals surface area contributed by atoms with Crippen LogP contribution in [0, 0.1) is 7.05 Å².